The second-order valence-corrected chi connectivity index (χ2v) is 7.21. The van der Waals surface area contributed by atoms with E-state index < -0.39 is 0 Å². The quantitative estimate of drug-likeness (QED) is 0.514. The van der Waals surface area contributed by atoms with Gasteiger partial charge in [0.1, 0.15) is 5.65 Å². The highest BCUT2D eigenvalue weighted by molar-refractivity contribution is 5.81. The van der Waals surface area contributed by atoms with Crippen LogP contribution in [0.5, 0.6) is 0 Å². The lowest BCUT2D eigenvalue weighted by Crippen LogP contribution is -2.06. The highest BCUT2D eigenvalue weighted by Gasteiger charge is 2.18. The molecule has 0 fully saturated rings. The lowest BCUT2D eigenvalue weighted by atomic mass is 10.0. The van der Waals surface area contributed by atoms with Crippen LogP contribution in [0, 0.1) is 18.8 Å². The van der Waals surface area contributed by atoms with Gasteiger partial charge in [0.2, 0.25) is 5.95 Å². The van der Waals surface area contributed by atoms with Crippen LogP contribution in [-0.4, -0.2) is 24.1 Å². The first kappa shape index (κ1) is 17.4. The maximum atomic E-state index is 15.0. The van der Waals surface area contributed by atoms with Gasteiger partial charge in [-0.3, -0.25) is 4.98 Å². The normalized spacial score (nSPS) is 11.6. The van der Waals surface area contributed by atoms with Crippen molar-refractivity contribution in [3.63, 3.8) is 0 Å². The Kier molecular flexibility index (Phi) is 4.48. The second kappa shape index (κ2) is 6.95. The Labute approximate surface area is 157 Å². The Morgan fingerprint density at radius 3 is 2.78 bits per heavy atom. The van der Waals surface area contributed by atoms with Crippen LogP contribution >= 0.6 is 0 Å². The third-order valence-corrected chi connectivity index (χ3v) is 4.69. The number of halogens is 1. The van der Waals surface area contributed by atoms with Crippen molar-refractivity contribution < 1.29 is 4.39 Å². The summed E-state index contributed by atoms with van der Waals surface area (Å²) < 4.78 is 18.4. The van der Waals surface area contributed by atoms with E-state index in [1.54, 1.807) is 12.4 Å². The van der Waals surface area contributed by atoms with E-state index in [2.05, 4.69) is 23.9 Å². The largest absolute Gasteiger partial charge is 0.307 e. The first-order chi connectivity index (χ1) is 13.0. The summed E-state index contributed by atoms with van der Waals surface area (Å²) in [6.45, 7) is 6.74. The number of nitrogens with zero attached hydrogens (tertiary/aromatic N) is 5. The zero-order valence-corrected chi connectivity index (χ0v) is 15.7. The van der Waals surface area contributed by atoms with Gasteiger partial charge in [-0.05, 0) is 37.5 Å². The molecule has 4 aromatic heterocycles. The molecular weight excluding hydrogens is 341 g/mol. The molecule has 0 aliphatic rings. The second-order valence-electron chi connectivity index (χ2n) is 7.21. The number of rotatable bonds is 5. The van der Waals surface area contributed by atoms with Gasteiger partial charge < -0.3 is 4.40 Å². The van der Waals surface area contributed by atoms with Crippen molar-refractivity contribution in [1.82, 2.24) is 24.1 Å². The van der Waals surface area contributed by atoms with Gasteiger partial charge in [0, 0.05) is 42.0 Å². The van der Waals surface area contributed by atoms with E-state index in [4.69, 9.17) is 4.98 Å². The molecule has 0 bridgehead atoms. The molecule has 4 rings (SSSR count). The lowest BCUT2D eigenvalue weighted by molar-refractivity contribution is 0.415. The van der Waals surface area contributed by atoms with Crippen molar-refractivity contribution in [2.45, 2.75) is 33.7 Å². The summed E-state index contributed by atoms with van der Waals surface area (Å²) >= 11 is 0. The average molecular weight is 363 g/mol. The first-order valence-corrected chi connectivity index (χ1v) is 9.15. The number of aromatic nitrogens is 5. The Morgan fingerprint density at radius 1 is 1.11 bits per heavy atom. The Balaban J connectivity index is 1.80. The van der Waals surface area contributed by atoms with E-state index in [9.17, 15) is 0 Å². The Morgan fingerprint density at radius 2 is 1.96 bits per heavy atom. The molecule has 0 saturated heterocycles. The number of aryl methyl sites for hydroxylation is 2. The summed E-state index contributed by atoms with van der Waals surface area (Å²) in [4.78, 5) is 9.03. The zero-order chi connectivity index (χ0) is 19.0. The highest BCUT2D eigenvalue weighted by atomic mass is 19.1. The minimum absolute atomic E-state index is 0.315. The van der Waals surface area contributed by atoms with Crippen LogP contribution in [-0.2, 0) is 6.54 Å². The van der Waals surface area contributed by atoms with E-state index >= 15 is 4.39 Å². The van der Waals surface area contributed by atoms with E-state index in [0.29, 0.717) is 18.0 Å². The molecule has 5 nitrogen and oxygen atoms in total. The molecule has 0 N–H and O–H groups in total. The molecule has 0 unspecified atom stereocenters. The Hall–Kier alpha value is -3.02. The summed E-state index contributed by atoms with van der Waals surface area (Å²) in [5.41, 5.74) is 4.57. The van der Waals surface area contributed by atoms with Crippen LogP contribution in [0.25, 0.3) is 28.0 Å². The zero-order valence-electron chi connectivity index (χ0n) is 15.7. The third-order valence-electron chi connectivity index (χ3n) is 4.69. The van der Waals surface area contributed by atoms with E-state index in [1.807, 2.05) is 48.0 Å². The topological polar surface area (TPSA) is 48.0 Å². The molecule has 0 radical (unpaired) electrons. The Bertz CT molecular complexity index is 1090. The summed E-state index contributed by atoms with van der Waals surface area (Å²) in [7, 11) is 0. The maximum absolute atomic E-state index is 15.0. The predicted molar refractivity (Wildman–Crippen MR) is 104 cm³/mol. The molecule has 4 heterocycles. The molecule has 0 atom stereocenters. The molecule has 0 spiro atoms. The van der Waals surface area contributed by atoms with Gasteiger partial charge in [0.25, 0.3) is 0 Å². The van der Waals surface area contributed by atoms with Gasteiger partial charge in [-0.25, -0.2) is 9.67 Å². The van der Waals surface area contributed by atoms with Crippen molar-refractivity contribution >= 4 is 5.65 Å². The maximum Gasteiger partial charge on any atom is 0.219 e. The monoisotopic (exact) mass is 363 g/mol. The number of hydrogen-bond donors (Lipinski definition) is 0. The fourth-order valence-corrected chi connectivity index (χ4v) is 3.14. The number of pyridine rings is 2. The van der Waals surface area contributed by atoms with Crippen LogP contribution < -0.4 is 0 Å². The minimum atomic E-state index is -0.315. The van der Waals surface area contributed by atoms with Crippen molar-refractivity contribution in [2.24, 2.45) is 5.92 Å². The molecule has 0 aliphatic carbocycles. The van der Waals surface area contributed by atoms with Gasteiger partial charge in [-0.1, -0.05) is 19.9 Å². The first-order valence-electron chi connectivity index (χ1n) is 9.15. The van der Waals surface area contributed by atoms with Crippen LogP contribution in [0.3, 0.4) is 0 Å². The van der Waals surface area contributed by atoms with Crippen molar-refractivity contribution in [3.8, 4) is 22.4 Å². The van der Waals surface area contributed by atoms with Crippen LogP contribution in [0.2, 0.25) is 0 Å². The highest BCUT2D eigenvalue weighted by Crippen LogP contribution is 2.32. The van der Waals surface area contributed by atoms with E-state index in [0.717, 1.165) is 34.6 Å². The third kappa shape index (κ3) is 3.35. The molecule has 0 aliphatic heterocycles. The predicted octanol–water partition coefficient (Wildman–Crippen LogP) is 4.75. The minimum Gasteiger partial charge on any atom is -0.307 e. The van der Waals surface area contributed by atoms with Gasteiger partial charge in [0.15, 0.2) is 0 Å². The molecule has 0 aromatic carbocycles. The number of imidazole rings is 1. The van der Waals surface area contributed by atoms with Crippen molar-refractivity contribution in [1.29, 1.82) is 0 Å². The van der Waals surface area contributed by atoms with E-state index in [1.165, 1.54) is 4.68 Å². The SMILES string of the molecule is Cc1ccc(-c2cnn(CCC(C)C)c2F)c(-c2ccn3ccnc3c2)n1. The molecule has 0 saturated carbocycles. The van der Waals surface area contributed by atoms with Gasteiger partial charge in [-0.2, -0.15) is 9.49 Å². The molecule has 0 amide bonds. The van der Waals surface area contributed by atoms with Gasteiger partial charge >= 0.3 is 0 Å². The fraction of sp³-hybridized carbons (Fsp3) is 0.286. The lowest BCUT2D eigenvalue weighted by Gasteiger charge is -2.10. The van der Waals surface area contributed by atoms with Gasteiger partial charge in [-0.15, -0.1) is 0 Å². The summed E-state index contributed by atoms with van der Waals surface area (Å²) in [5, 5.41) is 4.26. The fourth-order valence-electron chi connectivity index (χ4n) is 3.14. The molecule has 138 valence electrons. The standard InChI is InChI=1S/C21H22FN5/c1-14(2)6-10-27-21(22)18(13-24-27)17-5-4-15(3)25-20(17)16-7-9-26-11-8-23-19(26)12-16/h4-5,7-9,11-14H,6,10H2,1-3H3. The van der Waals surface area contributed by atoms with Crippen molar-refractivity contribution in [3.05, 3.63) is 60.7 Å². The van der Waals surface area contributed by atoms with E-state index in [-0.39, 0.29) is 5.95 Å². The molecule has 6 heteroatoms. The molecular formula is C21H22FN5. The number of fused-ring (bicyclic) bond motifs is 1. The number of hydrogen-bond acceptors (Lipinski definition) is 3. The van der Waals surface area contributed by atoms with Crippen LogP contribution in [0.15, 0.2) is 49.1 Å². The smallest absolute Gasteiger partial charge is 0.219 e. The summed E-state index contributed by atoms with van der Waals surface area (Å²) in [6, 6.07) is 7.76. The van der Waals surface area contributed by atoms with Crippen LogP contribution in [0.4, 0.5) is 4.39 Å². The summed E-state index contributed by atoms with van der Waals surface area (Å²) in [5.74, 6) is 0.180. The molecule has 4 aromatic rings. The van der Waals surface area contributed by atoms with Crippen molar-refractivity contribution in [2.75, 3.05) is 0 Å². The average Bonchev–Trinajstić information content (AvgIpc) is 3.26. The summed E-state index contributed by atoms with van der Waals surface area (Å²) in [6.07, 6.45) is 8.06. The van der Waals surface area contributed by atoms with Crippen LogP contribution in [0.1, 0.15) is 26.0 Å². The van der Waals surface area contributed by atoms with Gasteiger partial charge in [0.05, 0.1) is 17.5 Å². The molecule has 27 heavy (non-hydrogen) atoms.